The Kier molecular flexibility index (Phi) is 6.24. The highest BCUT2D eigenvalue weighted by atomic mass is 32.2. The molecule has 7 unspecified atom stereocenters. The quantitative estimate of drug-likeness (QED) is 0.567. The van der Waals surface area contributed by atoms with E-state index in [2.05, 4.69) is 20.7 Å². The number of thioether (sulfide) groups is 1. The zero-order chi connectivity index (χ0) is 23.1. The summed E-state index contributed by atoms with van der Waals surface area (Å²) < 4.78 is 56.6. The van der Waals surface area contributed by atoms with Gasteiger partial charge in [0.25, 0.3) is 6.43 Å². The van der Waals surface area contributed by atoms with Crippen molar-refractivity contribution < 1.29 is 27.1 Å². The first-order valence-electron chi connectivity index (χ1n) is 10.8. The van der Waals surface area contributed by atoms with E-state index in [1.807, 2.05) is 30.3 Å². The van der Waals surface area contributed by atoms with Crippen LogP contribution in [0.2, 0.25) is 0 Å². The van der Waals surface area contributed by atoms with Crippen LogP contribution in [0.3, 0.4) is 0 Å². The number of rotatable bonds is 5. The van der Waals surface area contributed by atoms with Crippen LogP contribution in [0.5, 0.6) is 5.75 Å². The third-order valence-corrected chi connectivity index (χ3v) is 8.15. The molecule has 3 saturated heterocycles. The third-order valence-electron chi connectivity index (χ3n) is 6.61. The summed E-state index contributed by atoms with van der Waals surface area (Å²) in [7, 11) is 0. The van der Waals surface area contributed by atoms with Crippen molar-refractivity contribution in [1.82, 2.24) is 16.0 Å². The van der Waals surface area contributed by atoms with Crippen molar-refractivity contribution in [3.05, 3.63) is 65.7 Å². The van der Waals surface area contributed by atoms with Gasteiger partial charge in [0.15, 0.2) is 0 Å². The first-order chi connectivity index (χ1) is 15.9. The van der Waals surface area contributed by atoms with Gasteiger partial charge in [-0.3, -0.25) is 15.4 Å². The molecule has 5 nitrogen and oxygen atoms in total. The van der Waals surface area contributed by atoms with E-state index in [1.54, 1.807) is 12.1 Å². The van der Waals surface area contributed by atoms with Crippen molar-refractivity contribution in [2.75, 3.05) is 0 Å². The number of alkyl halides is 4. The molecule has 10 heteroatoms. The molecule has 176 valence electrons. The van der Waals surface area contributed by atoms with Crippen molar-refractivity contribution >= 4 is 17.7 Å². The average Bonchev–Trinajstić information content (AvgIpc) is 3.18. The van der Waals surface area contributed by atoms with Gasteiger partial charge >= 0.3 is 6.61 Å². The number of hydrogen-bond acceptors (Lipinski definition) is 5. The largest absolute Gasteiger partial charge is 0.435 e. The SMILES string of the molecule is O=C1NC(c2ccc(OC(F)F)cc2)NC2C1SC1NC(C(F)F)CC(c3ccccc3)C12. The lowest BCUT2D eigenvalue weighted by molar-refractivity contribution is -0.124. The number of amides is 1. The van der Waals surface area contributed by atoms with Gasteiger partial charge in [-0.25, -0.2) is 8.78 Å². The van der Waals surface area contributed by atoms with Gasteiger partial charge in [0, 0.05) is 12.0 Å². The molecule has 3 aliphatic heterocycles. The van der Waals surface area contributed by atoms with Crippen LogP contribution in [0.15, 0.2) is 54.6 Å². The van der Waals surface area contributed by atoms with Crippen molar-refractivity contribution in [1.29, 1.82) is 0 Å². The smallest absolute Gasteiger partial charge is 0.387 e. The van der Waals surface area contributed by atoms with Gasteiger partial charge in [0.05, 0.1) is 11.4 Å². The molecule has 0 aliphatic carbocycles. The molecule has 3 fully saturated rings. The molecular weight excluding hydrogens is 458 g/mol. The maximum atomic E-state index is 13.7. The van der Waals surface area contributed by atoms with Crippen molar-refractivity contribution in [3.63, 3.8) is 0 Å². The zero-order valence-electron chi connectivity index (χ0n) is 17.3. The van der Waals surface area contributed by atoms with Gasteiger partial charge in [-0.05, 0) is 35.6 Å². The molecule has 0 spiro atoms. The minimum atomic E-state index is -2.91. The molecule has 3 heterocycles. The molecule has 0 bridgehead atoms. The number of carbonyl (C=O) groups is 1. The van der Waals surface area contributed by atoms with Gasteiger partial charge in [-0.15, -0.1) is 11.8 Å². The molecule has 3 N–H and O–H groups in total. The molecule has 0 radical (unpaired) electrons. The van der Waals surface area contributed by atoms with Crippen LogP contribution in [0.4, 0.5) is 17.6 Å². The highest BCUT2D eigenvalue weighted by Crippen LogP contribution is 2.51. The Labute approximate surface area is 192 Å². The molecule has 33 heavy (non-hydrogen) atoms. The first-order valence-corrected chi connectivity index (χ1v) is 11.7. The summed E-state index contributed by atoms with van der Waals surface area (Å²) in [6.07, 6.45) is -2.74. The van der Waals surface area contributed by atoms with Crippen molar-refractivity contribution in [2.24, 2.45) is 5.92 Å². The third kappa shape index (κ3) is 4.43. The fraction of sp³-hybridized carbons (Fsp3) is 0.435. The summed E-state index contributed by atoms with van der Waals surface area (Å²) in [6.45, 7) is -2.91. The molecule has 2 aromatic rings. The summed E-state index contributed by atoms with van der Waals surface area (Å²) in [5, 5.41) is 8.78. The molecule has 7 atom stereocenters. The number of fused-ring (bicyclic) bond motifs is 3. The van der Waals surface area contributed by atoms with E-state index in [-0.39, 0.29) is 41.3 Å². The summed E-state index contributed by atoms with van der Waals surface area (Å²) >= 11 is 1.39. The second-order valence-corrected chi connectivity index (χ2v) is 9.78. The number of benzene rings is 2. The van der Waals surface area contributed by atoms with Crippen LogP contribution >= 0.6 is 11.8 Å². The summed E-state index contributed by atoms with van der Waals surface area (Å²) in [5.74, 6) is -0.352. The van der Waals surface area contributed by atoms with E-state index >= 15 is 0 Å². The zero-order valence-corrected chi connectivity index (χ0v) is 18.2. The minimum Gasteiger partial charge on any atom is -0.435 e. The fourth-order valence-corrected chi connectivity index (χ4v) is 6.91. The van der Waals surface area contributed by atoms with Crippen LogP contribution in [-0.2, 0) is 4.79 Å². The highest BCUT2D eigenvalue weighted by Gasteiger charge is 2.56. The van der Waals surface area contributed by atoms with Crippen LogP contribution < -0.4 is 20.7 Å². The van der Waals surface area contributed by atoms with Crippen LogP contribution in [0.1, 0.15) is 29.6 Å². The van der Waals surface area contributed by atoms with E-state index < -0.39 is 30.5 Å². The van der Waals surface area contributed by atoms with Gasteiger partial charge in [0.1, 0.15) is 17.2 Å². The van der Waals surface area contributed by atoms with Crippen molar-refractivity contribution in [3.8, 4) is 5.75 Å². The number of piperidine rings is 1. The molecule has 0 saturated carbocycles. The molecule has 0 aromatic heterocycles. The van der Waals surface area contributed by atoms with E-state index in [0.29, 0.717) is 5.56 Å². The predicted octanol–water partition coefficient (Wildman–Crippen LogP) is 3.84. The summed E-state index contributed by atoms with van der Waals surface area (Å²) in [4.78, 5) is 13.0. The summed E-state index contributed by atoms with van der Waals surface area (Å²) in [6, 6.07) is 14.5. The van der Waals surface area contributed by atoms with Gasteiger partial charge < -0.3 is 10.1 Å². The van der Waals surface area contributed by atoms with Gasteiger partial charge in [0.2, 0.25) is 5.91 Å². The Morgan fingerprint density at radius 1 is 0.939 bits per heavy atom. The minimum absolute atomic E-state index is 0.0314. The first kappa shape index (κ1) is 22.5. The highest BCUT2D eigenvalue weighted by molar-refractivity contribution is 8.01. The van der Waals surface area contributed by atoms with Crippen LogP contribution in [0.25, 0.3) is 0 Å². The molecule has 5 rings (SSSR count). The number of ether oxygens (including phenoxy) is 1. The normalized spacial score (nSPS) is 33.5. The van der Waals surface area contributed by atoms with E-state index in [9.17, 15) is 22.4 Å². The molecule has 3 aliphatic rings. The Hall–Kier alpha value is -2.30. The monoisotopic (exact) mass is 481 g/mol. The second-order valence-electron chi connectivity index (χ2n) is 8.50. The standard InChI is InChI=1S/C23H23F4N3O2S/c24-19(25)15-10-14(11-4-2-1-3-5-11)16-17-18(33-22(16)28-15)21(31)30-20(29-17)12-6-8-13(9-7-12)32-23(26)27/h1-9,14-20,22-23,28-29H,10H2,(H,30,31). The molecule has 2 aromatic carbocycles. The molecule has 1 amide bonds. The Morgan fingerprint density at radius 3 is 2.33 bits per heavy atom. The van der Waals surface area contributed by atoms with E-state index in [4.69, 9.17) is 0 Å². The van der Waals surface area contributed by atoms with Crippen molar-refractivity contribution in [2.45, 2.75) is 54.2 Å². The fourth-order valence-electron chi connectivity index (χ4n) is 5.18. The lowest BCUT2D eigenvalue weighted by atomic mass is 9.73. The second kappa shape index (κ2) is 9.15. The van der Waals surface area contributed by atoms with E-state index in [1.165, 1.54) is 23.9 Å². The Morgan fingerprint density at radius 2 is 1.67 bits per heavy atom. The summed E-state index contributed by atoms with van der Waals surface area (Å²) in [5.41, 5.74) is 1.68. The average molecular weight is 482 g/mol. The topological polar surface area (TPSA) is 62.4 Å². The number of hydrogen-bond donors (Lipinski definition) is 3. The number of carbonyl (C=O) groups excluding carboxylic acids is 1. The maximum absolute atomic E-state index is 13.7. The van der Waals surface area contributed by atoms with Gasteiger partial charge in [-0.2, -0.15) is 8.78 Å². The van der Waals surface area contributed by atoms with Crippen LogP contribution in [0, 0.1) is 5.92 Å². The lowest BCUT2D eigenvalue weighted by Crippen LogP contribution is -2.61. The number of halogens is 4. The lowest BCUT2D eigenvalue weighted by Gasteiger charge is -2.43. The Balaban J connectivity index is 1.42. The predicted molar refractivity (Wildman–Crippen MR) is 116 cm³/mol. The van der Waals surface area contributed by atoms with Gasteiger partial charge in [-0.1, -0.05) is 42.5 Å². The Bertz CT molecular complexity index is 981. The van der Waals surface area contributed by atoms with E-state index in [0.717, 1.165) is 5.56 Å². The number of nitrogens with one attached hydrogen (secondary N) is 3. The maximum Gasteiger partial charge on any atom is 0.387 e. The molecular formula is C23H23F4N3O2S. The van der Waals surface area contributed by atoms with Crippen LogP contribution in [-0.4, -0.2) is 41.7 Å².